The first kappa shape index (κ1) is 21.2. The molecule has 0 heterocycles. The van der Waals surface area contributed by atoms with E-state index < -0.39 is 0 Å². The third kappa shape index (κ3) is 19.2. The molecule has 0 bridgehead atoms. The van der Waals surface area contributed by atoms with Gasteiger partial charge >= 0.3 is 0 Å². The number of unbranched alkanes of at least 4 members (excludes halogenated alkanes) is 14. The van der Waals surface area contributed by atoms with Crippen LogP contribution in [0.4, 0.5) is 0 Å². The molecule has 2 radical (unpaired) electrons. The highest BCUT2D eigenvalue weighted by Crippen LogP contribution is 2.13. The van der Waals surface area contributed by atoms with E-state index in [-0.39, 0.29) is 0 Å². The predicted molar refractivity (Wildman–Crippen MR) is 101 cm³/mol. The standard InChI is InChI=1S/C22H38/c1-3-5-7-9-11-13-15-17-19-21-22-20-18-16-14-12-10-8-6-4-2/h4,6,8,10,12H,3,5,7,9,11,13-22H2,1H3. The van der Waals surface area contributed by atoms with Crippen molar-refractivity contribution in [2.45, 2.75) is 103 Å². The van der Waals surface area contributed by atoms with Crippen LogP contribution in [0.15, 0.2) is 30.4 Å². The van der Waals surface area contributed by atoms with Gasteiger partial charge < -0.3 is 0 Å². The fraction of sp³-hybridized carbons (Fsp3) is 0.727. The molecule has 0 N–H and O–H groups in total. The van der Waals surface area contributed by atoms with E-state index in [2.05, 4.69) is 13.0 Å². The quantitative estimate of drug-likeness (QED) is 0.190. The summed E-state index contributed by atoms with van der Waals surface area (Å²) in [5.41, 5.74) is 0. The van der Waals surface area contributed by atoms with Crippen molar-refractivity contribution < 1.29 is 0 Å². The van der Waals surface area contributed by atoms with Gasteiger partial charge in [-0.25, -0.2) is 0 Å². The van der Waals surface area contributed by atoms with Gasteiger partial charge in [0.2, 0.25) is 0 Å². The van der Waals surface area contributed by atoms with Crippen LogP contribution >= 0.6 is 0 Å². The zero-order valence-corrected chi connectivity index (χ0v) is 15.0. The third-order valence-corrected chi connectivity index (χ3v) is 4.18. The first-order chi connectivity index (χ1) is 10.9. The van der Waals surface area contributed by atoms with E-state index in [9.17, 15) is 0 Å². The minimum atomic E-state index is 1.18. The van der Waals surface area contributed by atoms with Gasteiger partial charge in [0.05, 0.1) is 0 Å². The molecule has 0 heteroatoms. The van der Waals surface area contributed by atoms with E-state index in [0.717, 1.165) is 0 Å². The molecule has 0 unspecified atom stereocenters. The lowest BCUT2D eigenvalue weighted by atomic mass is 10.0. The number of hydrogen-bond donors (Lipinski definition) is 0. The van der Waals surface area contributed by atoms with Gasteiger partial charge in [-0.3, -0.25) is 0 Å². The monoisotopic (exact) mass is 302 g/mol. The molecule has 0 amide bonds. The normalized spacial score (nSPS) is 11.7. The van der Waals surface area contributed by atoms with Crippen molar-refractivity contribution in [3.8, 4) is 0 Å². The van der Waals surface area contributed by atoms with Crippen LogP contribution < -0.4 is 0 Å². The molecule has 0 fully saturated rings. The molecule has 0 aliphatic heterocycles. The lowest BCUT2D eigenvalue weighted by Crippen LogP contribution is -1.83. The van der Waals surface area contributed by atoms with Gasteiger partial charge in [-0.2, -0.15) is 0 Å². The maximum Gasteiger partial charge on any atom is -0.00990 e. The van der Waals surface area contributed by atoms with Crippen LogP contribution in [-0.4, -0.2) is 0 Å². The molecule has 0 aromatic heterocycles. The van der Waals surface area contributed by atoms with Gasteiger partial charge in [-0.1, -0.05) is 121 Å². The Morgan fingerprint density at radius 2 is 1.00 bits per heavy atom. The molecule has 0 saturated carbocycles. The van der Waals surface area contributed by atoms with Crippen LogP contribution in [0.25, 0.3) is 0 Å². The molecule has 22 heavy (non-hydrogen) atoms. The average Bonchev–Trinajstić information content (AvgIpc) is 2.54. The summed E-state index contributed by atoms with van der Waals surface area (Å²) in [6, 6.07) is 0. The van der Waals surface area contributed by atoms with E-state index in [1.807, 2.05) is 12.2 Å². The lowest BCUT2D eigenvalue weighted by molar-refractivity contribution is 0.536. The first-order valence-corrected chi connectivity index (χ1v) is 9.74. The maximum absolute atomic E-state index is 6.86. The second-order valence-corrected chi connectivity index (χ2v) is 6.36. The smallest absolute Gasteiger partial charge is 0.00990 e. The number of hydrogen-bond acceptors (Lipinski definition) is 0. The van der Waals surface area contributed by atoms with Crippen molar-refractivity contribution in [1.29, 1.82) is 0 Å². The Labute approximate surface area is 140 Å². The highest BCUT2D eigenvalue weighted by atomic mass is 14.0. The number of rotatable bonds is 17. The molecular formula is C22H38. The second-order valence-electron chi connectivity index (χ2n) is 6.36. The van der Waals surface area contributed by atoms with E-state index in [4.69, 9.17) is 6.58 Å². The van der Waals surface area contributed by atoms with Crippen molar-refractivity contribution in [3.05, 3.63) is 37.0 Å². The Morgan fingerprint density at radius 1 is 0.545 bits per heavy atom. The van der Waals surface area contributed by atoms with Gasteiger partial charge in [-0.05, 0) is 19.4 Å². The maximum atomic E-state index is 6.86. The van der Waals surface area contributed by atoms with Gasteiger partial charge in [0.25, 0.3) is 0 Å². The van der Waals surface area contributed by atoms with Crippen LogP contribution in [0.1, 0.15) is 103 Å². The number of allylic oxidation sites excluding steroid dienone is 5. The van der Waals surface area contributed by atoms with E-state index in [1.54, 1.807) is 6.08 Å². The summed E-state index contributed by atoms with van der Waals surface area (Å²) in [4.78, 5) is 0. The molecular weight excluding hydrogens is 264 g/mol. The topological polar surface area (TPSA) is 0 Å². The summed E-state index contributed by atoms with van der Waals surface area (Å²) in [7, 11) is 0. The highest BCUT2D eigenvalue weighted by molar-refractivity contribution is 5.07. The predicted octanol–water partition coefficient (Wildman–Crippen LogP) is 7.84. The van der Waals surface area contributed by atoms with Gasteiger partial charge in [0.15, 0.2) is 0 Å². The Kier molecular flexibility index (Phi) is 19.5. The molecule has 0 nitrogen and oxygen atoms in total. The zero-order chi connectivity index (χ0) is 16.1. The summed E-state index contributed by atoms with van der Waals surface area (Å²) in [5.74, 6) is 0. The summed E-state index contributed by atoms with van der Waals surface area (Å²) in [6.45, 7) is 9.14. The Hall–Kier alpha value is -0.780. The van der Waals surface area contributed by atoms with Crippen LogP contribution in [0, 0.1) is 6.58 Å². The van der Waals surface area contributed by atoms with Crippen LogP contribution in [0.5, 0.6) is 0 Å². The minimum Gasteiger partial charge on any atom is -0.0845 e. The van der Waals surface area contributed by atoms with Crippen molar-refractivity contribution >= 4 is 0 Å². The van der Waals surface area contributed by atoms with Crippen LogP contribution in [0.3, 0.4) is 0 Å². The Morgan fingerprint density at radius 3 is 1.45 bits per heavy atom. The highest BCUT2D eigenvalue weighted by Gasteiger charge is 1.93. The summed E-state index contributed by atoms with van der Waals surface area (Å²) < 4.78 is 0. The largest absolute Gasteiger partial charge is 0.0845 e. The SMILES string of the molecule is [C]=CC=CC=CCCCCCCCCCCCCCCCC. The van der Waals surface area contributed by atoms with E-state index >= 15 is 0 Å². The Bertz CT molecular complexity index is 259. The fourth-order valence-electron chi connectivity index (χ4n) is 2.75. The van der Waals surface area contributed by atoms with Crippen molar-refractivity contribution in [3.63, 3.8) is 0 Å². The second kappa shape index (κ2) is 20.2. The summed E-state index contributed by atoms with van der Waals surface area (Å²) in [6.07, 6.45) is 30.4. The summed E-state index contributed by atoms with van der Waals surface area (Å²) >= 11 is 0. The average molecular weight is 303 g/mol. The van der Waals surface area contributed by atoms with Crippen LogP contribution in [-0.2, 0) is 0 Å². The van der Waals surface area contributed by atoms with Gasteiger partial charge in [-0.15, -0.1) is 0 Å². The molecule has 0 aliphatic carbocycles. The fourth-order valence-corrected chi connectivity index (χ4v) is 2.75. The van der Waals surface area contributed by atoms with Crippen LogP contribution in [0.2, 0.25) is 0 Å². The van der Waals surface area contributed by atoms with Crippen molar-refractivity contribution in [2.75, 3.05) is 0 Å². The van der Waals surface area contributed by atoms with Crippen molar-refractivity contribution in [1.82, 2.24) is 0 Å². The first-order valence-electron chi connectivity index (χ1n) is 9.74. The molecule has 0 aromatic rings. The molecule has 0 spiro atoms. The van der Waals surface area contributed by atoms with Crippen molar-refractivity contribution in [2.24, 2.45) is 0 Å². The molecule has 126 valence electrons. The molecule has 0 rings (SSSR count). The minimum absolute atomic E-state index is 1.18. The van der Waals surface area contributed by atoms with E-state index in [1.165, 1.54) is 102 Å². The lowest BCUT2D eigenvalue weighted by Gasteiger charge is -2.02. The van der Waals surface area contributed by atoms with Gasteiger partial charge in [0, 0.05) is 0 Å². The molecule has 0 atom stereocenters. The zero-order valence-electron chi connectivity index (χ0n) is 15.0. The summed E-state index contributed by atoms with van der Waals surface area (Å²) in [5, 5.41) is 0. The molecule has 0 aromatic carbocycles. The van der Waals surface area contributed by atoms with Gasteiger partial charge in [0.1, 0.15) is 0 Å². The Balaban J connectivity index is 3.04. The molecule has 0 saturated heterocycles. The molecule has 0 aliphatic rings. The third-order valence-electron chi connectivity index (χ3n) is 4.18. The van der Waals surface area contributed by atoms with E-state index in [0.29, 0.717) is 0 Å².